The Hall–Kier alpha value is -3.32. The molecule has 148 valence electrons. The Balaban J connectivity index is 1.49. The molecule has 0 saturated heterocycles. The maximum Gasteiger partial charge on any atom is 0.251 e. The fraction of sp³-hybridized carbons (Fsp3) is 0.227. The summed E-state index contributed by atoms with van der Waals surface area (Å²) in [5.41, 5.74) is 1.97. The van der Waals surface area contributed by atoms with Gasteiger partial charge in [-0.3, -0.25) is 4.79 Å². The van der Waals surface area contributed by atoms with Gasteiger partial charge in [-0.2, -0.15) is 0 Å². The average molecular weight is 392 g/mol. The molecular formula is C22H21FN4O2. The molecule has 0 aliphatic heterocycles. The number of amides is 1. The van der Waals surface area contributed by atoms with Crippen molar-refractivity contribution in [3.8, 4) is 11.3 Å². The van der Waals surface area contributed by atoms with E-state index in [4.69, 9.17) is 0 Å². The van der Waals surface area contributed by atoms with E-state index >= 15 is 0 Å². The van der Waals surface area contributed by atoms with E-state index in [0.29, 0.717) is 23.1 Å². The predicted octanol–water partition coefficient (Wildman–Crippen LogP) is 3.32. The first-order valence-corrected chi connectivity index (χ1v) is 9.50. The highest BCUT2D eigenvalue weighted by molar-refractivity contribution is 5.94. The van der Waals surface area contributed by atoms with E-state index in [1.165, 1.54) is 0 Å². The van der Waals surface area contributed by atoms with Crippen molar-refractivity contribution in [3.63, 3.8) is 0 Å². The van der Waals surface area contributed by atoms with Crippen LogP contribution in [0.3, 0.4) is 0 Å². The number of aromatic nitrogens is 2. The highest BCUT2D eigenvalue weighted by Gasteiger charge is 2.22. The van der Waals surface area contributed by atoms with Gasteiger partial charge in [-0.25, -0.2) is 14.4 Å². The van der Waals surface area contributed by atoms with Gasteiger partial charge in [-0.15, -0.1) is 0 Å². The Morgan fingerprint density at radius 3 is 2.52 bits per heavy atom. The van der Waals surface area contributed by atoms with Gasteiger partial charge in [0.2, 0.25) is 5.95 Å². The van der Waals surface area contributed by atoms with Gasteiger partial charge < -0.3 is 15.7 Å². The zero-order chi connectivity index (χ0) is 20.2. The van der Waals surface area contributed by atoms with Crippen molar-refractivity contribution in [1.29, 1.82) is 0 Å². The summed E-state index contributed by atoms with van der Waals surface area (Å²) >= 11 is 0. The van der Waals surface area contributed by atoms with Gasteiger partial charge in [0.05, 0.1) is 18.8 Å². The lowest BCUT2D eigenvalue weighted by atomic mass is 10.1. The minimum absolute atomic E-state index is 0.188. The number of hydrogen-bond donors (Lipinski definition) is 3. The van der Waals surface area contributed by atoms with E-state index in [-0.39, 0.29) is 18.2 Å². The molecule has 7 heteroatoms. The number of nitrogens with one attached hydrogen (secondary N) is 2. The predicted molar refractivity (Wildman–Crippen MR) is 108 cm³/mol. The third kappa shape index (κ3) is 4.57. The van der Waals surface area contributed by atoms with Crippen LogP contribution in [0.5, 0.6) is 0 Å². The van der Waals surface area contributed by atoms with Crippen LogP contribution in [0.25, 0.3) is 11.3 Å². The van der Waals surface area contributed by atoms with Crippen LogP contribution >= 0.6 is 0 Å². The van der Waals surface area contributed by atoms with Gasteiger partial charge in [0.15, 0.2) is 5.82 Å². The normalized spacial score (nSPS) is 14.3. The summed E-state index contributed by atoms with van der Waals surface area (Å²) in [6.07, 6.45) is 3.29. The Labute approximate surface area is 167 Å². The van der Waals surface area contributed by atoms with Gasteiger partial charge in [-0.1, -0.05) is 42.5 Å². The van der Waals surface area contributed by atoms with E-state index in [2.05, 4.69) is 20.6 Å². The number of halogens is 1. The molecule has 1 aliphatic carbocycles. The number of carbonyl (C=O) groups is 1. The fourth-order valence-electron chi connectivity index (χ4n) is 2.99. The van der Waals surface area contributed by atoms with Crippen molar-refractivity contribution < 1.29 is 14.3 Å². The van der Waals surface area contributed by atoms with Crippen LogP contribution in [0.1, 0.15) is 34.8 Å². The van der Waals surface area contributed by atoms with E-state index in [9.17, 15) is 14.3 Å². The van der Waals surface area contributed by atoms with Crippen molar-refractivity contribution in [3.05, 3.63) is 77.7 Å². The molecule has 2 aromatic carbocycles. The standard InChI is InChI=1S/C22H21FN4O2/c23-18-12-24-22(25-17-10-11-17)27-20(18)15-6-8-16(9-7-15)21(29)26-19(13-28)14-4-2-1-3-5-14/h1-9,12,17,19,28H,10-11,13H2,(H,26,29)(H,24,25,27)/t19-/m1/s1. The summed E-state index contributed by atoms with van der Waals surface area (Å²) in [4.78, 5) is 20.8. The second kappa shape index (κ2) is 8.36. The second-order valence-electron chi connectivity index (χ2n) is 7.01. The Morgan fingerprint density at radius 1 is 1.14 bits per heavy atom. The molecule has 3 aromatic rings. The number of hydrogen-bond acceptors (Lipinski definition) is 5. The SMILES string of the molecule is O=C(N[C@H](CO)c1ccccc1)c1ccc(-c2nc(NC3CC3)ncc2F)cc1. The number of carbonyl (C=O) groups excluding carboxylic acids is 1. The van der Waals surface area contributed by atoms with E-state index in [0.717, 1.165) is 24.6 Å². The number of nitrogens with zero attached hydrogens (tertiary/aromatic N) is 2. The average Bonchev–Trinajstić information content (AvgIpc) is 3.58. The fourth-order valence-corrected chi connectivity index (χ4v) is 2.99. The zero-order valence-corrected chi connectivity index (χ0v) is 15.7. The van der Waals surface area contributed by atoms with Crippen molar-refractivity contribution in [2.75, 3.05) is 11.9 Å². The number of aliphatic hydroxyl groups is 1. The summed E-state index contributed by atoms with van der Waals surface area (Å²) in [6.45, 7) is -0.212. The van der Waals surface area contributed by atoms with Crippen LogP contribution in [0.2, 0.25) is 0 Å². The zero-order valence-electron chi connectivity index (χ0n) is 15.7. The molecular weight excluding hydrogens is 371 g/mol. The first-order chi connectivity index (χ1) is 14.1. The van der Waals surface area contributed by atoms with Crippen LogP contribution in [-0.4, -0.2) is 33.6 Å². The molecule has 1 fully saturated rings. The second-order valence-corrected chi connectivity index (χ2v) is 7.01. The first kappa shape index (κ1) is 19.0. The highest BCUT2D eigenvalue weighted by atomic mass is 19.1. The molecule has 0 bridgehead atoms. The minimum atomic E-state index is -0.520. The molecule has 0 spiro atoms. The molecule has 0 unspecified atom stereocenters. The third-order valence-electron chi connectivity index (χ3n) is 4.77. The van der Waals surface area contributed by atoms with Gasteiger partial charge in [0.25, 0.3) is 5.91 Å². The molecule has 1 amide bonds. The van der Waals surface area contributed by atoms with Crippen molar-refractivity contribution in [1.82, 2.24) is 15.3 Å². The summed E-state index contributed by atoms with van der Waals surface area (Å²) in [5, 5.41) is 15.6. The Morgan fingerprint density at radius 2 is 1.86 bits per heavy atom. The topological polar surface area (TPSA) is 87.1 Å². The van der Waals surface area contributed by atoms with Gasteiger partial charge in [0, 0.05) is 17.2 Å². The largest absolute Gasteiger partial charge is 0.394 e. The Kier molecular flexibility index (Phi) is 5.48. The summed E-state index contributed by atoms with van der Waals surface area (Å²) < 4.78 is 14.2. The van der Waals surface area contributed by atoms with Crippen LogP contribution in [0, 0.1) is 5.82 Å². The number of anilines is 1. The van der Waals surface area contributed by atoms with Crippen molar-refractivity contribution in [2.45, 2.75) is 24.9 Å². The molecule has 1 saturated carbocycles. The molecule has 4 rings (SSSR count). The van der Waals surface area contributed by atoms with E-state index in [1.54, 1.807) is 24.3 Å². The molecule has 1 aromatic heterocycles. The maximum atomic E-state index is 14.2. The number of rotatable bonds is 7. The van der Waals surface area contributed by atoms with Crippen LogP contribution in [-0.2, 0) is 0 Å². The lowest BCUT2D eigenvalue weighted by Gasteiger charge is -2.17. The molecule has 6 nitrogen and oxygen atoms in total. The molecule has 1 aliphatic rings. The molecule has 0 radical (unpaired) electrons. The van der Waals surface area contributed by atoms with Gasteiger partial charge in [0.1, 0.15) is 5.69 Å². The third-order valence-corrected chi connectivity index (χ3v) is 4.77. The van der Waals surface area contributed by atoms with Crippen LogP contribution in [0.15, 0.2) is 60.8 Å². The van der Waals surface area contributed by atoms with Crippen molar-refractivity contribution in [2.24, 2.45) is 0 Å². The maximum absolute atomic E-state index is 14.2. The summed E-state index contributed by atoms with van der Waals surface area (Å²) in [7, 11) is 0. The van der Waals surface area contributed by atoms with Crippen LogP contribution in [0.4, 0.5) is 10.3 Å². The van der Waals surface area contributed by atoms with E-state index in [1.807, 2.05) is 30.3 Å². The lowest BCUT2D eigenvalue weighted by Crippen LogP contribution is -2.30. The number of aliphatic hydroxyl groups excluding tert-OH is 1. The molecule has 3 N–H and O–H groups in total. The molecule has 1 heterocycles. The molecule has 1 atom stereocenters. The first-order valence-electron chi connectivity index (χ1n) is 9.50. The van der Waals surface area contributed by atoms with Crippen molar-refractivity contribution >= 4 is 11.9 Å². The highest BCUT2D eigenvalue weighted by Crippen LogP contribution is 2.26. The minimum Gasteiger partial charge on any atom is -0.394 e. The van der Waals surface area contributed by atoms with Crippen LogP contribution < -0.4 is 10.6 Å². The molecule has 29 heavy (non-hydrogen) atoms. The monoisotopic (exact) mass is 392 g/mol. The summed E-state index contributed by atoms with van der Waals surface area (Å²) in [6, 6.07) is 15.6. The number of benzene rings is 2. The lowest BCUT2D eigenvalue weighted by molar-refractivity contribution is 0.0916. The van der Waals surface area contributed by atoms with E-state index < -0.39 is 11.9 Å². The quantitative estimate of drug-likeness (QED) is 0.574. The Bertz CT molecular complexity index is 991. The smallest absolute Gasteiger partial charge is 0.251 e. The van der Waals surface area contributed by atoms with Gasteiger partial charge >= 0.3 is 0 Å². The summed E-state index contributed by atoms with van der Waals surface area (Å²) in [5.74, 6) is -0.439. The van der Waals surface area contributed by atoms with Gasteiger partial charge in [-0.05, 0) is 30.5 Å².